The normalized spacial score (nSPS) is 17.7. The number of rotatable bonds is 5. The second kappa shape index (κ2) is 6.93. The van der Waals surface area contributed by atoms with Crippen molar-refractivity contribution in [1.29, 1.82) is 0 Å². The fraction of sp³-hybridized carbons (Fsp3) is 0.400. The van der Waals surface area contributed by atoms with Crippen molar-refractivity contribution in [3.05, 3.63) is 36.4 Å². The minimum atomic E-state index is -3.62. The Morgan fingerprint density at radius 3 is 2.77 bits per heavy atom. The molecule has 22 heavy (non-hydrogen) atoms. The Kier molecular flexibility index (Phi) is 5.20. The average molecular weight is 323 g/mol. The van der Waals surface area contributed by atoms with Gasteiger partial charge in [0.15, 0.2) is 0 Å². The Morgan fingerprint density at radius 1 is 1.36 bits per heavy atom. The van der Waals surface area contributed by atoms with E-state index in [0.29, 0.717) is 6.54 Å². The first-order valence-corrected chi connectivity index (χ1v) is 8.74. The molecule has 1 atom stereocenters. The topological polar surface area (TPSA) is 78.5 Å². The minimum absolute atomic E-state index is 0.0602. The van der Waals surface area contributed by atoms with Gasteiger partial charge in [0.05, 0.1) is 11.7 Å². The zero-order valence-electron chi connectivity index (χ0n) is 12.7. The fourth-order valence-corrected chi connectivity index (χ4v) is 3.34. The van der Waals surface area contributed by atoms with Crippen molar-refractivity contribution in [3.8, 4) is 0 Å². The molecule has 6 nitrogen and oxygen atoms in total. The zero-order valence-corrected chi connectivity index (χ0v) is 13.6. The van der Waals surface area contributed by atoms with Crippen molar-refractivity contribution in [2.24, 2.45) is 0 Å². The number of hydrogen-bond acceptors (Lipinski definition) is 3. The second-order valence-electron chi connectivity index (χ2n) is 5.07. The maximum atomic E-state index is 12.4. The molecule has 0 aliphatic carbocycles. The molecule has 7 heteroatoms. The zero-order chi connectivity index (χ0) is 16.2. The third kappa shape index (κ3) is 3.48. The van der Waals surface area contributed by atoms with Crippen LogP contribution < -0.4 is 10.0 Å². The van der Waals surface area contributed by atoms with Crippen LogP contribution in [-0.4, -0.2) is 39.0 Å². The SMILES string of the molecule is CCC[C@@H]1C=CCN1C(=O)Nc1ccccc1S(=O)(=O)NC. The molecule has 0 saturated carbocycles. The van der Waals surface area contributed by atoms with E-state index in [1.165, 1.54) is 13.1 Å². The number of nitrogens with one attached hydrogen (secondary N) is 2. The fourth-order valence-electron chi connectivity index (χ4n) is 2.45. The number of hydrogen-bond donors (Lipinski definition) is 2. The number of sulfonamides is 1. The smallest absolute Gasteiger partial charge is 0.314 e. The maximum Gasteiger partial charge on any atom is 0.322 e. The van der Waals surface area contributed by atoms with Gasteiger partial charge in [0.25, 0.3) is 0 Å². The average Bonchev–Trinajstić information content (AvgIpc) is 2.96. The van der Waals surface area contributed by atoms with Gasteiger partial charge >= 0.3 is 6.03 Å². The van der Waals surface area contributed by atoms with E-state index in [1.807, 2.05) is 12.2 Å². The van der Waals surface area contributed by atoms with Gasteiger partial charge in [-0.25, -0.2) is 17.9 Å². The summed E-state index contributed by atoms with van der Waals surface area (Å²) in [6, 6.07) is 6.14. The molecule has 1 heterocycles. The molecule has 1 aliphatic heterocycles. The van der Waals surface area contributed by atoms with Crippen LogP contribution >= 0.6 is 0 Å². The second-order valence-corrected chi connectivity index (χ2v) is 6.93. The predicted octanol–water partition coefficient (Wildman–Crippen LogP) is 2.17. The van der Waals surface area contributed by atoms with Crippen LogP contribution in [0.3, 0.4) is 0 Å². The number of carbonyl (C=O) groups is 1. The summed E-state index contributed by atoms with van der Waals surface area (Å²) in [6.45, 7) is 2.61. The Morgan fingerprint density at radius 2 is 2.09 bits per heavy atom. The lowest BCUT2D eigenvalue weighted by molar-refractivity contribution is 0.208. The van der Waals surface area contributed by atoms with E-state index in [0.717, 1.165) is 12.8 Å². The number of para-hydroxylation sites is 1. The molecule has 0 unspecified atom stereocenters. The highest BCUT2D eigenvalue weighted by Gasteiger charge is 2.25. The summed E-state index contributed by atoms with van der Waals surface area (Å²) in [4.78, 5) is 14.2. The van der Waals surface area contributed by atoms with Crippen LogP contribution in [0.15, 0.2) is 41.3 Å². The summed E-state index contributed by atoms with van der Waals surface area (Å²) < 4.78 is 26.3. The molecule has 120 valence electrons. The summed E-state index contributed by atoms with van der Waals surface area (Å²) in [5.41, 5.74) is 0.281. The Labute approximate surface area is 131 Å². The van der Waals surface area contributed by atoms with Crippen LogP contribution in [0.1, 0.15) is 19.8 Å². The number of anilines is 1. The molecule has 0 bridgehead atoms. The molecule has 1 aromatic carbocycles. The summed E-state index contributed by atoms with van der Waals surface area (Å²) >= 11 is 0. The molecule has 2 N–H and O–H groups in total. The van der Waals surface area contributed by atoms with Gasteiger partial charge in [0, 0.05) is 6.54 Å². The summed E-state index contributed by atoms with van der Waals surface area (Å²) in [7, 11) is -2.28. The van der Waals surface area contributed by atoms with E-state index in [-0.39, 0.29) is 22.7 Å². The van der Waals surface area contributed by atoms with Crippen LogP contribution in [0.2, 0.25) is 0 Å². The standard InChI is InChI=1S/C15H21N3O3S/c1-3-7-12-8-6-11-18(12)15(19)17-13-9-4-5-10-14(13)22(20,21)16-2/h4-6,8-10,12,16H,3,7,11H2,1-2H3,(H,17,19)/t12-/m1/s1. The van der Waals surface area contributed by atoms with Gasteiger partial charge in [-0.1, -0.05) is 37.6 Å². The van der Waals surface area contributed by atoms with Gasteiger partial charge in [0.2, 0.25) is 10.0 Å². The lowest BCUT2D eigenvalue weighted by Gasteiger charge is -2.25. The van der Waals surface area contributed by atoms with Crippen molar-refractivity contribution in [2.75, 3.05) is 18.9 Å². The van der Waals surface area contributed by atoms with Crippen molar-refractivity contribution in [2.45, 2.75) is 30.7 Å². The minimum Gasteiger partial charge on any atom is -0.314 e. The Hall–Kier alpha value is -1.86. The number of benzene rings is 1. The largest absolute Gasteiger partial charge is 0.322 e. The van der Waals surface area contributed by atoms with Gasteiger partial charge in [0.1, 0.15) is 4.90 Å². The van der Waals surface area contributed by atoms with Crippen molar-refractivity contribution < 1.29 is 13.2 Å². The van der Waals surface area contributed by atoms with Gasteiger partial charge < -0.3 is 10.2 Å². The van der Waals surface area contributed by atoms with E-state index >= 15 is 0 Å². The van der Waals surface area contributed by atoms with E-state index in [9.17, 15) is 13.2 Å². The highest BCUT2D eigenvalue weighted by atomic mass is 32.2. The van der Waals surface area contributed by atoms with E-state index in [4.69, 9.17) is 0 Å². The molecule has 1 aliphatic rings. The third-order valence-corrected chi connectivity index (χ3v) is 5.07. The summed E-state index contributed by atoms with van der Waals surface area (Å²) in [6.07, 6.45) is 5.83. The molecular formula is C15H21N3O3S. The first kappa shape index (κ1) is 16.5. The van der Waals surface area contributed by atoms with Gasteiger partial charge in [-0.2, -0.15) is 0 Å². The summed E-state index contributed by atoms with van der Waals surface area (Å²) in [5.74, 6) is 0. The Bertz CT molecular complexity index is 670. The molecule has 0 fully saturated rings. The maximum absolute atomic E-state index is 12.4. The first-order chi connectivity index (χ1) is 10.5. The molecule has 0 aromatic heterocycles. The van der Waals surface area contributed by atoms with E-state index in [2.05, 4.69) is 17.0 Å². The molecule has 2 rings (SSSR count). The molecular weight excluding hydrogens is 302 g/mol. The van der Waals surface area contributed by atoms with Crippen LogP contribution in [0.5, 0.6) is 0 Å². The first-order valence-electron chi connectivity index (χ1n) is 7.26. The molecule has 0 radical (unpaired) electrons. The molecule has 2 amide bonds. The van der Waals surface area contributed by atoms with Crippen LogP contribution in [-0.2, 0) is 10.0 Å². The van der Waals surface area contributed by atoms with Gasteiger partial charge in [-0.3, -0.25) is 0 Å². The van der Waals surface area contributed by atoms with Gasteiger partial charge in [-0.15, -0.1) is 0 Å². The monoisotopic (exact) mass is 323 g/mol. The summed E-state index contributed by atoms with van der Waals surface area (Å²) in [5, 5.41) is 2.71. The predicted molar refractivity (Wildman–Crippen MR) is 86.2 cm³/mol. The number of carbonyl (C=O) groups excluding carboxylic acids is 1. The van der Waals surface area contributed by atoms with E-state index < -0.39 is 10.0 Å². The van der Waals surface area contributed by atoms with Crippen molar-refractivity contribution in [3.63, 3.8) is 0 Å². The lowest BCUT2D eigenvalue weighted by Crippen LogP contribution is -2.39. The molecule has 0 saturated heterocycles. The van der Waals surface area contributed by atoms with Crippen LogP contribution in [0.4, 0.5) is 10.5 Å². The quantitative estimate of drug-likeness (QED) is 0.815. The Balaban J connectivity index is 2.20. The highest BCUT2D eigenvalue weighted by molar-refractivity contribution is 7.89. The van der Waals surface area contributed by atoms with Crippen molar-refractivity contribution in [1.82, 2.24) is 9.62 Å². The van der Waals surface area contributed by atoms with Crippen LogP contribution in [0, 0.1) is 0 Å². The molecule has 0 spiro atoms. The van der Waals surface area contributed by atoms with Crippen molar-refractivity contribution >= 4 is 21.7 Å². The van der Waals surface area contributed by atoms with Gasteiger partial charge in [-0.05, 0) is 25.6 Å². The highest BCUT2D eigenvalue weighted by Crippen LogP contribution is 2.22. The molecule has 1 aromatic rings. The number of urea groups is 1. The number of amides is 2. The lowest BCUT2D eigenvalue weighted by atomic mass is 10.2. The third-order valence-electron chi connectivity index (χ3n) is 3.59. The van der Waals surface area contributed by atoms with Crippen LogP contribution in [0.25, 0.3) is 0 Å². The number of nitrogens with zero attached hydrogens (tertiary/aromatic N) is 1. The van der Waals surface area contributed by atoms with E-state index in [1.54, 1.807) is 23.1 Å².